The Morgan fingerprint density at radius 3 is 2.72 bits per heavy atom. The summed E-state index contributed by atoms with van der Waals surface area (Å²) >= 11 is 15.1. The van der Waals surface area contributed by atoms with Gasteiger partial charge in [0.15, 0.2) is 0 Å². The molecular formula is C12H8BrCl2NO2. The molecule has 0 aliphatic rings. The predicted octanol–water partition coefficient (Wildman–Crippen LogP) is 4.44. The predicted molar refractivity (Wildman–Crippen MR) is 74.4 cm³/mol. The summed E-state index contributed by atoms with van der Waals surface area (Å²) < 4.78 is 6.32. The average Bonchev–Trinajstić information content (AvgIpc) is 2.34. The molecule has 0 aliphatic carbocycles. The van der Waals surface area contributed by atoms with Gasteiger partial charge in [-0.1, -0.05) is 23.2 Å². The molecule has 0 unspecified atom stereocenters. The Kier molecular flexibility index (Phi) is 4.45. The molecule has 0 radical (unpaired) electrons. The standard InChI is InChI=1S/C12H8BrCl2NO2/c13-8-3-7(6-17)12(16-5-8)18-11-2-1-9(14)4-10(11)15/h1-5,17H,6H2. The Hall–Kier alpha value is -0.810. The van der Waals surface area contributed by atoms with Gasteiger partial charge in [0.05, 0.1) is 11.6 Å². The first-order valence-corrected chi connectivity index (χ1v) is 6.53. The Balaban J connectivity index is 2.33. The number of halogens is 3. The molecule has 0 aliphatic heterocycles. The Morgan fingerprint density at radius 2 is 2.06 bits per heavy atom. The van der Waals surface area contributed by atoms with Crippen LogP contribution in [0.15, 0.2) is 34.9 Å². The van der Waals surface area contributed by atoms with E-state index in [1.807, 2.05) is 0 Å². The van der Waals surface area contributed by atoms with E-state index in [1.165, 1.54) is 0 Å². The molecule has 0 fully saturated rings. The average molecular weight is 349 g/mol. The van der Waals surface area contributed by atoms with E-state index >= 15 is 0 Å². The zero-order chi connectivity index (χ0) is 13.1. The van der Waals surface area contributed by atoms with Gasteiger partial charge < -0.3 is 9.84 Å². The van der Waals surface area contributed by atoms with Crippen LogP contribution in [0.2, 0.25) is 10.0 Å². The van der Waals surface area contributed by atoms with Gasteiger partial charge in [-0.15, -0.1) is 0 Å². The quantitative estimate of drug-likeness (QED) is 0.891. The molecule has 2 aromatic rings. The van der Waals surface area contributed by atoms with Gasteiger partial charge in [-0.25, -0.2) is 4.98 Å². The molecule has 0 atom stereocenters. The third-order valence-electron chi connectivity index (χ3n) is 2.16. The zero-order valence-electron chi connectivity index (χ0n) is 9.03. The lowest BCUT2D eigenvalue weighted by Crippen LogP contribution is -1.95. The van der Waals surface area contributed by atoms with Crippen molar-refractivity contribution in [2.24, 2.45) is 0 Å². The van der Waals surface area contributed by atoms with Crippen molar-refractivity contribution in [2.75, 3.05) is 0 Å². The van der Waals surface area contributed by atoms with Gasteiger partial charge in [0, 0.05) is 21.3 Å². The zero-order valence-corrected chi connectivity index (χ0v) is 12.1. The fourth-order valence-electron chi connectivity index (χ4n) is 1.34. The van der Waals surface area contributed by atoms with Crippen molar-refractivity contribution in [3.63, 3.8) is 0 Å². The number of rotatable bonds is 3. The minimum Gasteiger partial charge on any atom is -0.437 e. The van der Waals surface area contributed by atoms with Crippen molar-refractivity contribution in [3.8, 4) is 11.6 Å². The fourth-order valence-corrected chi connectivity index (χ4v) is 2.16. The second-order valence-corrected chi connectivity index (χ2v) is 5.21. The number of nitrogens with zero attached hydrogens (tertiary/aromatic N) is 1. The maximum atomic E-state index is 9.24. The summed E-state index contributed by atoms with van der Waals surface area (Å²) in [5, 5.41) is 10.2. The molecule has 94 valence electrons. The van der Waals surface area contributed by atoms with Crippen LogP contribution in [-0.2, 0) is 6.61 Å². The summed E-state index contributed by atoms with van der Waals surface area (Å²) in [5.74, 6) is 0.746. The first kappa shape index (κ1) is 13.6. The molecule has 6 heteroatoms. The van der Waals surface area contributed by atoms with Crippen molar-refractivity contribution in [1.29, 1.82) is 0 Å². The number of aliphatic hydroxyl groups is 1. The van der Waals surface area contributed by atoms with Crippen LogP contribution in [0.4, 0.5) is 0 Å². The molecule has 2 rings (SSSR count). The van der Waals surface area contributed by atoms with E-state index < -0.39 is 0 Å². The molecule has 0 spiro atoms. The van der Waals surface area contributed by atoms with Gasteiger partial charge in [-0.05, 0) is 40.2 Å². The number of aliphatic hydroxyl groups excluding tert-OH is 1. The summed E-state index contributed by atoms with van der Waals surface area (Å²) in [6.07, 6.45) is 1.58. The first-order chi connectivity index (χ1) is 8.60. The normalized spacial score (nSPS) is 10.4. The van der Waals surface area contributed by atoms with Crippen LogP contribution < -0.4 is 4.74 Å². The highest BCUT2D eigenvalue weighted by Crippen LogP contribution is 2.32. The van der Waals surface area contributed by atoms with Crippen molar-refractivity contribution in [3.05, 3.63) is 50.5 Å². The summed E-state index contributed by atoms with van der Waals surface area (Å²) in [6.45, 7) is -0.174. The van der Waals surface area contributed by atoms with Crippen LogP contribution in [0, 0.1) is 0 Å². The largest absolute Gasteiger partial charge is 0.437 e. The van der Waals surface area contributed by atoms with Crippen molar-refractivity contribution < 1.29 is 9.84 Å². The summed E-state index contributed by atoms with van der Waals surface area (Å²) in [6, 6.07) is 6.62. The highest BCUT2D eigenvalue weighted by Gasteiger charge is 2.09. The molecule has 0 saturated carbocycles. The third kappa shape index (κ3) is 3.14. The highest BCUT2D eigenvalue weighted by molar-refractivity contribution is 9.10. The Bertz CT molecular complexity index is 578. The second kappa shape index (κ2) is 5.89. The van der Waals surface area contributed by atoms with Gasteiger partial charge >= 0.3 is 0 Å². The van der Waals surface area contributed by atoms with Crippen molar-refractivity contribution in [1.82, 2.24) is 4.98 Å². The molecule has 1 aromatic carbocycles. The SMILES string of the molecule is OCc1cc(Br)cnc1Oc1ccc(Cl)cc1Cl. The first-order valence-electron chi connectivity index (χ1n) is 4.98. The lowest BCUT2D eigenvalue weighted by Gasteiger charge is -2.10. The molecule has 3 nitrogen and oxygen atoms in total. The Morgan fingerprint density at radius 1 is 1.28 bits per heavy atom. The van der Waals surface area contributed by atoms with E-state index in [4.69, 9.17) is 27.9 Å². The molecule has 18 heavy (non-hydrogen) atoms. The van der Waals surface area contributed by atoms with E-state index in [0.717, 1.165) is 4.47 Å². The summed E-state index contributed by atoms with van der Waals surface area (Å²) in [5.41, 5.74) is 0.565. The van der Waals surface area contributed by atoms with Crippen LogP contribution >= 0.6 is 39.1 Å². The molecule has 1 N–H and O–H groups in total. The van der Waals surface area contributed by atoms with Gasteiger partial charge in [-0.2, -0.15) is 0 Å². The number of hydrogen-bond acceptors (Lipinski definition) is 3. The number of benzene rings is 1. The third-order valence-corrected chi connectivity index (χ3v) is 3.13. The molecule has 0 amide bonds. The van der Waals surface area contributed by atoms with Crippen LogP contribution in [0.5, 0.6) is 11.6 Å². The minimum absolute atomic E-state index is 0.174. The maximum Gasteiger partial charge on any atom is 0.224 e. The lowest BCUT2D eigenvalue weighted by molar-refractivity contribution is 0.275. The highest BCUT2D eigenvalue weighted by atomic mass is 79.9. The molecular weight excluding hydrogens is 341 g/mol. The number of pyridine rings is 1. The Labute approximate surface area is 122 Å². The van der Waals surface area contributed by atoms with Crippen LogP contribution in [0.1, 0.15) is 5.56 Å². The minimum atomic E-state index is -0.174. The smallest absolute Gasteiger partial charge is 0.224 e. The van der Waals surface area contributed by atoms with Crippen molar-refractivity contribution >= 4 is 39.1 Å². The molecule has 0 saturated heterocycles. The summed E-state index contributed by atoms with van der Waals surface area (Å²) in [4.78, 5) is 4.09. The van der Waals surface area contributed by atoms with Crippen molar-refractivity contribution in [2.45, 2.75) is 6.61 Å². The van der Waals surface area contributed by atoms with E-state index in [0.29, 0.717) is 27.2 Å². The molecule has 1 heterocycles. The number of ether oxygens (including phenoxy) is 1. The van der Waals surface area contributed by atoms with E-state index in [2.05, 4.69) is 20.9 Å². The van der Waals surface area contributed by atoms with Gasteiger partial charge in [0.25, 0.3) is 0 Å². The molecule has 0 bridgehead atoms. The monoisotopic (exact) mass is 347 g/mol. The van der Waals surface area contributed by atoms with Gasteiger partial charge in [-0.3, -0.25) is 0 Å². The fraction of sp³-hybridized carbons (Fsp3) is 0.0833. The van der Waals surface area contributed by atoms with Gasteiger partial charge in [0.2, 0.25) is 5.88 Å². The second-order valence-electron chi connectivity index (χ2n) is 3.45. The molecule has 1 aromatic heterocycles. The van der Waals surface area contributed by atoms with E-state index in [9.17, 15) is 5.11 Å². The van der Waals surface area contributed by atoms with Gasteiger partial charge in [0.1, 0.15) is 5.75 Å². The summed E-state index contributed by atoms with van der Waals surface area (Å²) in [7, 11) is 0. The number of hydrogen-bond donors (Lipinski definition) is 1. The lowest BCUT2D eigenvalue weighted by atomic mass is 10.3. The van der Waals surface area contributed by atoms with Crippen LogP contribution in [0.3, 0.4) is 0 Å². The van der Waals surface area contributed by atoms with Crippen LogP contribution in [0.25, 0.3) is 0 Å². The van der Waals surface area contributed by atoms with E-state index in [1.54, 1.807) is 30.5 Å². The topological polar surface area (TPSA) is 42.4 Å². The van der Waals surface area contributed by atoms with Crippen LogP contribution in [-0.4, -0.2) is 10.1 Å². The maximum absolute atomic E-state index is 9.24. The van der Waals surface area contributed by atoms with E-state index in [-0.39, 0.29) is 6.61 Å². The number of aromatic nitrogens is 1.